The first kappa shape index (κ1) is 12.4. The Morgan fingerprint density at radius 1 is 1.32 bits per heavy atom. The number of hydrogen-bond donors (Lipinski definition) is 0. The molecule has 0 radical (unpaired) electrons. The fourth-order valence-corrected chi connectivity index (χ4v) is 2.64. The molecule has 3 heteroatoms. The second-order valence-electron chi connectivity index (χ2n) is 4.71. The van der Waals surface area contributed by atoms with Gasteiger partial charge >= 0.3 is 0 Å². The predicted molar refractivity (Wildman–Crippen MR) is 83.0 cm³/mol. The summed E-state index contributed by atoms with van der Waals surface area (Å²) in [6.07, 6.45) is 2.88. The number of nitrogens with zero attached hydrogens (tertiary/aromatic N) is 2. The van der Waals surface area contributed by atoms with Crippen LogP contribution in [0.25, 0.3) is 5.70 Å². The number of fused-ring (bicyclic) bond motifs is 1. The van der Waals surface area contributed by atoms with Crippen LogP contribution in [0.3, 0.4) is 0 Å². The lowest BCUT2D eigenvalue weighted by Crippen LogP contribution is -2.14. The highest BCUT2D eigenvalue weighted by Gasteiger charge is 2.24. The second-order valence-corrected chi connectivity index (χ2v) is 5.63. The van der Waals surface area contributed by atoms with Crippen LogP contribution >= 0.6 is 15.9 Å². The van der Waals surface area contributed by atoms with Crippen molar-refractivity contribution in [1.82, 2.24) is 4.98 Å². The topological polar surface area (TPSA) is 16.1 Å². The Hall–Kier alpha value is -1.61. The number of pyridine rings is 1. The number of rotatable bonds is 2. The van der Waals surface area contributed by atoms with Gasteiger partial charge in [-0.15, -0.1) is 0 Å². The highest BCUT2D eigenvalue weighted by atomic mass is 79.9. The molecule has 0 N–H and O–H groups in total. The molecule has 0 aliphatic carbocycles. The maximum atomic E-state index is 4.45. The molecule has 0 bridgehead atoms. The Kier molecular flexibility index (Phi) is 3.15. The zero-order valence-electron chi connectivity index (χ0n) is 10.9. The Bertz CT molecular complexity index is 632. The van der Waals surface area contributed by atoms with Crippen molar-refractivity contribution in [2.24, 2.45) is 0 Å². The molecule has 3 rings (SSSR count). The van der Waals surface area contributed by atoms with Crippen molar-refractivity contribution in [2.45, 2.75) is 19.9 Å². The molecule has 96 valence electrons. The van der Waals surface area contributed by atoms with Gasteiger partial charge in [-0.25, -0.2) is 4.98 Å². The first-order valence-corrected chi connectivity index (χ1v) is 7.18. The SMILES string of the molecule is C=C1c2cc(CC)ccc2CN1c1ccc(Br)cn1. The van der Waals surface area contributed by atoms with E-state index in [1.807, 2.05) is 18.3 Å². The van der Waals surface area contributed by atoms with Crippen molar-refractivity contribution in [3.8, 4) is 0 Å². The van der Waals surface area contributed by atoms with Crippen LogP contribution in [0.15, 0.2) is 47.6 Å². The van der Waals surface area contributed by atoms with Gasteiger partial charge in [0, 0.05) is 21.9 Å². The summed E-state index contributed by atoms with van der Waals surface area (Å²) in [7, 11) is 0. The van der Waals surface area contributed by atoms with Crippen LogP contribution in [-0.2, 0) is 13.0 Å². The molecule has 2 heterocycles. The van der Waals surface area contributed by atoms with Gasteiger partial charge in [0.15, 0.2) is 0 Å². The second kappa shape index (κ2) is 4.82. The maximum absolute atomic E-state index is 4.45. The van der Waals surface area contributed by atoms with E-state index in [0.29, 0.717) is 0 Å². The first-order chi connectivity index (χ1) is 9.19. The lowest BCUT2D eigenvalue weighted by atomic mass is 10.0. The molecule has 0 saturated carbocycles. The molecule has 2 nitrogen and oxygen atoms in total. The van der Waals surface area contributed by atoms with E-state index >= 15 is 0 Å². The van der Waals surface area contributed by atoms with E-state index < -0.39 is 0 Å². The molecular formula is C16H15BrN2. The fraction of sp³-hybridized carbons (Fsp3) is 0.188. The third-order valence-electron chi connectivity index (χ3n) is 3.54. The normalized spacial score (nSPS) is 13.8. The first-order valence-electron chi connectivity index (χ1n) is 6.39. The average Bonchev–Trinajstić information content (AvgIpc) is 2.76. The highest BCUT2D eigenvalue weighted by molar-refractivity contribution is 9.10. The molecule has 19 heavy (non-hydrogen) atoms. The lowest BCUT2D eigenvalue weighted by molar-refractivity contribution is 1.00. The fourth-order valence-electron chi connectivity index (χ4n) is 2.41. The van der Waals surface area contributed by atoms with E-state index in [9.17, 15) is 0 Å². The lowest BCUT2D eigenvalue weighted by Gasteiger charge is -2.18. The van der Waals surface area contributed by atoms with Crippen molar-refractivity contribution < 1.29 is 0 Å². The Labute approximate surface area is 121 Å². The summed E-state index contributed by atoms with van der Waals surface area (Å²) in [4.78, 5) is 6.62. The third-order valence-corrected chi connectivity index (χ3v) is 4.01. The van der Waals surface area contributed by atoms with Crippen LogP contribution in [0, 0.1) is 0 Å². The zero-order chi connectivity index (χ0) is 13.4. The smallest absolute Gasteiger partial charge is 0.133 e. The van der Waals surface area contributed by atoms with Gasteiger partial charge < -0.3 is 4.90 Å². The van der Waals surface area contributed by atoms with E-state index in [1.54, 1.807) is 0 Å². The van der Waals surface area contributed by atoms with E-state index in [1.165, 1.54) is 16.7 Å². The zero-order valence-corrected chi connectivity index (χ0v) is 12.4. The van der Waals surface area contributed by atoms with Crippen LogP contribution in [0.4, 0.5) is 5.82 Å². The number of halogens is 1. The molecule has 1 aromatic heterocycles. The van der Waals surface area contributed by atoms with E-state index in [-0.39, 0.29) is 0 Å². The van der Waals surface area contributed by atoms with E-state index in [2.05, 4.69) is 57.5 Å². The molecule has 2 aromatic rings. The summed E-state index contributed by atoms with van der Waals surface area (Å²) in [5.74, 6) is 0.947. The van der Waals surface area contributed by atoms with Crippen LogP contribution in [-0.4, -0.2) is 4.98 Å². The van der Waals surface area contributed by atoms with Crippen molar-refractivity contribution in [3.63, 3.8) is 0 Å². The largest absolute Gasteiger partial charge is 0.322 e. The van der Waals surface area contributed by atoms with Gasteiger partial charge in [-0.3, -0.25) is 0 Å². The van der Waals surface area contributed by atoms with Crippen LogP contribution in [0.1, 0.15) is 23.6 Å². The molecule has 1 aliphatic rings. The molecule has 0 saturated heterocycles. The summed E-state index contributed by atoms with van der Waals surface area (Å²) in [6.45, 7) is 7.25. The van der Waals surface area contributed by atoms with Gasteiger partial charge in [0.05, 0.1) is 6.54 Å². The monoisotopic (exact) mass is 314 g/mol. The minimum Gasteiger partial charge on any atom is -0.322 e. The molecule has 0 unspecified atom stereocenters. The van der Waals surface area contributed by atoms with Crippen LogP contribution < -0.4 is 4.90 Å². The van der Waals surface area contributed by atoms with Gasteiger partial charge in [-0.05, 0) is 51.7 Å². The highest BCUT2D eigenvalue weighted by Crippen LogP contribution is 2.35. The number of aryl methyl sites for hydroxylation is 1. The number of benzene rings is 1. The van der Waals surface area contributed by atoms with Crippen LogP contribution in [0.5, 0.6) is 0 Å². The Morgan fingerprint density at radius 2 is 2.16 bits per heavy atom. The molecular weight excluding hydrogens is 300 g/mol. The summed E-state index contributed by atoms with van der Waals surface area (Å²) < 4.78 is 0.992. The van der Waals surface area contributed by atoms with Gasteiger partial charge in [-0.1, -0.05) is 25.6 Å². The van der Waals surface area contributed by atoms with Gasteiger partial charge in [-0.2, -0.15) is 0 Å². The molecule has 0 fully saturated rings. The van der Waals surface area contributed by atoms with Gasteiger partial charge in [0.1, 0.15) is 5.82 Å². The standard InChI is InChI=1S/C16H15BrN2/c1-3-12-4-5-13-10-19(11(2)15(13)8-12)16-7-6-14(17)9-18-16/h4-9H,2-3,10H2,1H3. The summed E-state index contributed by atoms with van der Waals surface area (Å²) in [6, 6.07) is 10.7. The minimum atomic E-state index is 0.854. The van der Waals surface area contributed by atoms with Crippen molar-refractivity contribution >= 4 is 27.4 Å². The average molecular weight is 315 g/mol. The molecule has 0 spiro atoms. The third kappa shape index (κ3) is 2.19. The Balaban J connectivity index is 1.97. The number of aromatic nitrogens is 1. The van der Waals surface area contributed by atoms with E-state index in [0.717, 1.165) is 29.0 Å². The predicted octanol–water partition coefficient (Wildman–Crippen LogP) is 4.40. The molecule has 1 aromatic carbocycles. The van der Waals surface area contributed by atoms with Gasteiger partial charge in [0.2, 0.25) is 0 Å². The molecule has 0 amide bonds. The maximum Gasteiger partial charge on any atom is 0.133 e. The number of hydrogen-bond acceptors (Lipinski definition) is 2. The molecule has 0 atom stereocenters. The Morgan fingerprint density at radius 3 is 2.84 bits per heavy atom. The van der Waals surface area contributed by atoms with Crippen molar-refractivity contribution in [1.29, 1.82) is 0 Å². The van der Waals surface area contributed by atoms with Crippen molar-refractivity contribution in [2.75, 3.05) is 4.90 Å². The number of anilines is 1. The summed E-state index contributed by atoms with van der Waals surface area (Å²) in [5, 5.41) is 0. The van der Waals surface area contributed by atoms with E-state index in [4.69, 9.17) is 0 Å². The van der Waals surface area contributed by atoms with Crippen molar-refractivity contribution in [3.05, 3.63) is 64.3 Å². The summed E-state index contributed by atoms with van der Waals surface area (Å²) in [5.41, 5.74) is 4.97. The quantitative estimate of drug-likeness (QED) is 0.817. The minimum absolute atomic E-state index is 0.854. The van der Waals surface area contributed by atoms with Crippen LogP contribution in [0.2, 0.25) is 0 Å². The summed E-state index contributed by atoms with van der Waals surface area (Å²) >= 11 is 3.41. The van der Waals surface area contributed by atoms with Gasteiger partial charge in [0.25, 0.3) is 0 Å². The molecule has 1 aliphatic heterocycles.